The highest BCUT2D eigenvalue weighted by Gasteiger charge is 2.45. The fourth-order valence-corrected chi connectivity index (χ4v) is 6.40. The molecule has 0 amide bonds. The van der Waals surface area contributed by atoms with Crippen LogP contribution in [0.25, 0.3) is 11.0 Å². The lowest BCUT2D eigenvalue weighted by Gasteiger charge is -2.38. The molecule has 2 aromatic heterocycles. The number of pyridine rings is 1. The lowest BCUT2D eigenvalue weighted by Crippen LogP contribution is -2.49. The standard InChI is InChI=1S/C32H44F3N7/c1-20(2)40-12-10-24(11-13-40)32(34,35)27-9-7-8-25(29(27)33)22(5)38-30-26-18-28(23(6)39-31(26)37-19-36-30)42-16-14-41(15-17-42)21(3)4/h7-9,18-22,24H,10-17H2,1-6H3,(H,36,37,38,39)/t22-/m1/s1. The van der Waals surface area contributed by atoms with Gasteiger partial charge in [-0.15, -0.1) is 0 Å². The number of piperazine rings is 1. The molecule has 0 spiro atoms. The number of benzene rings is 1. The average Bonchev–Trinajstić information content (AvgIpc) is 2.97. The first-order valence-electron chi connectivity index (χ1n) is 15.3. The van der Waals surface area contributed by atoms with Crippen LogP contribution in [0.4, 0.5) is 24.7 Å². The third kappa shape index (κ3) is 6.06. The highest BCUT2D eigenvalue weighted by molar-refractivity contribution is 5.89. The van der Waals surface area contributed by atoms with Gasteiger partial charge in [0, 0.05) is 49.7 Å². The van der Waals surface area contributed by atoms with Gasteiger partial charge in [-0.2, -0.15) is 0 Å². The third-order valence-corrected chi connectivity index (χ3v) is 9.15. The van der Waals surface area contributed by atoms with Crippen LogP contribution in [-0.2, 0) is 5.92 Å². The van der Waals surface area contributed by atoms with E-state index in [1.54, 1.807) is 13.0 Å². The number of nitrogens with one attached hydrogen (secondary N) is 1. The molecular weight excluding hydrogens is 539 g/mol. The van der Waals surface area contributed by atoms with E-state index in [4.69, 9.17) is 4.98 Å². The Labute approximate surface area is 247 Å². The second-order valence-corrected chi connectivity index (χ2v) is 12.4. The van der Waals surface area contributed by atoms with Crippen molar-refractivity contribution >= 4 is 22.5 Å². The number of rotatable bonds is 8. The fourth-order valence-electron chi connectivity index (χ4n) is 6.40. The number of likely N-dealkylation sites (tertiary alicyclic amines) is 1. The fraction of sp³-hybridized carbons (Fsp3) is 0.594. The molecule has 4 heterocycles. The summed E-state index contributed by atoms with van der Waals surface area (Å²) in [7, 11) is 0. The van der Waals surface area contributed by atoms with E-state index >= 15 is 13.2 Å². The topological polar surface area (TPSA) is 60.4 Å². The molecule has 2 saturated heterocycles. The van der Waals surface area contributed by atoms with E-state index < -0.39 is 29.3 Å². The maximum atomic E-state index is 15.9. The number of fused-ring (bicyclic) bond motifs is 1. The molecule has 0 aliphatic carbocycles. The van der Waals surface area contributed by atoms with Crippen molar-refractivity contribution in [3.8, 4) is 0 Å². The summed E-state index contributed by atoms with van der Waals surface area (Å²) in [6.07, 6.45) is 2.11. The molecule has 1 atom stereocenters. The first-order chi connectivity index (χ1) is 20.0. The van der Waals surface area contributed by atoms with Crippen LogP contribution >= 0.6 is 0 Å². The van der Waals surface area contributed by atoms with Crippen LogP contribution in [0, 0.1) is 18.7 Å². The van der Waals surface area contributed by atoms with Crippen molar-refractivity contribution in [2.45, 2.75) is 78.4 Å². The van der Waals surface area contributed by atoms with E-state index in [9.17, 15) is 0 Å². The molecule has 2 aliphatic rings. The van der Waals surface area contributed by atoms with Crippen LogP contribution in [0.15, 0.2) is 30.6 Å². The van der Waals surface area contributed by atoms with Crippen LogP contribution in [0.5, 0.6) is 0 Å². The van der Waals surface area contributed by atoms with E-state index in [0.717, 1.165) is 42.9 Å². The molecule has 1 aromatic carbocycles. The minimum atomic E-state index is -3.25. The molecule has 2 fully saturated rings. The summed E-state index contributed by atoms with van der Waals surface area (Å²) < 4.78 is 47.3. The second kappa shape index (κ2) is 12.3. The van der Waals surface area contributed by atoms with Gasteiger partial charge in [-0.25, -0.2) is 28.1 Å². The molecular formula is C32H44F3N7. The van der Waals surface area contributed by atoms with Crippen molar-refractivity contribution in [3.05, 3.63) is 53.2 Å². The molecule has 0 radical (unpaired) electrons. The summed E-state index contributed by atoms with van der Waals surface area (Å²) in [5.74, 6) is -4.49. The summed E-state index contributed by atoms with van der Waals surface area (Å²) in [6.45, 7) is 17.2. The van der Waals surface area contributed by atoms with Gasteiger partial charge in [0.1, 0.15) is 18.0 Å². The van der Waals surface area contributed by atoms with Crippen LogP contribution in [0.1, 0.15) is 70.3 Å². The third-order valence-electron chi connectivity index (χ3n) is 9.15. The van der Waals surface area contributed by atoms with Crippen molar-refractivity contribution in [2.75, 3.05) is 49.5 Å². The van der Waals surface area contributed by atoms with Crippen molar-refractivity contribution in [1.29, 1.82) is 0 Å². The number of hydrogen-bond acceptors (Lipinski definition) is 7. The van der Waals surface area contributed by atoms with Crippen molar-refractivity contribution in [1.82, 2.24) is 24.8 Å². The lowest BCUT2D eigenvalue weighted by atomic mass is 9.85. The van der Waals surface area contributed by atoms with Gasteiger partial charge in [0.05, 0.1) is 28.4 Å². The zero-order chi connectivity index (χ0) is 30.2. The number of aryl methyl sites for hydroxylation is 1. The maximum Gasteiger partial charge on any atom is 0.278 e. The molecule has 5 rings (SSSR count). The first kappa shape index (κ1) is 30.5. The van der Waals surface area contributed by atoms with Gasteiger partial charge in [-0.1, -0.05) is 18.2 Å². The Morgan fingerprint density at radius 2 is 1.55 bits per heavy atom. The summed E-state index contributed by atoms with van der Waals surface area (Å²) >= 11 is 0. The van der Waals surface area contributed by atoms with E-state index in [1.807, 2.05) is 13.0 Å². The highest BCUT2D eigenvalue weighted by Crippen LogP contribution is 2.44. The Morgan fingerprint density at radius 3 is 2.19 bits per heavy atom. The number of piperidine rings is 1. The molecule has 1 N–H and O–H groups in total. The Morgan fingerprint density at radius 1 is 0.905 bits per heavy atom. The molecule has 42 heavy (non-hydrogen) atoms. The van der Waals surface area contributed by atoms with E-state index in [0.29, 0.717) is 49.5 Å². The SMILES string of the molecule is Cc1nc2ncnc(N[C@H](C)c3cccc(C(F)(F)C4CCN(C(C)C)CC4)c3F)c2cc1N1CCN(C(C)C)CC1. The van der Waals surface area contributed by atoms with Gasteiger partial charge >= 0.3 is 0 Å². The molecule has 0 unspecified atom stereocenters. The lowest BCUT2D eigenvalue weighted by molar-refractivity contribution is -0.0900. The Balaban J connectivity index is 1.38. The van der Waals surface area contributed by atoms with Crippen molar-refractivity contribution < 1.29 is 13.2 Å². The largest absolute Gasteiger partial charge is 0.367 e. The number of halogens is 3. The number of anilines is 2. The Hall–Kier alpha value is -2.98. The maximum absolute atomic E-state index is 15.9. The van der Waals surface area contributed by atoms with Gasteiger partial charge in [-0.05, 0) is 73.5 Å². The monoisotopic (exact) mass is 583 g/mol. The van der Waals surface area contributed by atoms with E-state index in [-0.39, 0.29) is 5.56 Å². The van der Waals surface area contributed by atoms with E-state index in [1.165, 1.54) is 18.5 Å². The molecule has 3 aromatic rings. The van der Waals surface area contributed by atoms with Crippen LogP contribution in [0.2, 0.25) is 0 Å². The van der Waals surface area contributed by atoms with Gasteiger partial charge in [-0.3, -0.25) is 4.90 Å². The van der Waals surface area contributed by atoms with Crippen molar-refractivity contribution in [2.24, 2.45) is 5.92 Å². The van der Waals surface area contributed by atoms with Gasteiger partial charge < -0.3 is 15.1 Å². The summed E-state index contributed by atoms with van der Waals surface area (Å²) in [4.78, 5) is 20.6. The van der Waals surface area contributed by atoms with Gasteiger partial charge in [0.15, 0.2) is 5.65 Å². The van der Waals surface area contributed by atoms with Gasteiger partial charge in [0.2, 0.25) is 0 Å². The predicted molar refractivity (Wildman–Crippen MR) is 163 cm³/mol. The quantitative estimate of drug-likeness (QED) is 0.330. The zero-order valence-electron chi connectivity index (χ0n) is 25.7. The Bertz CT molecular complexity index is 1380. The second-order valence-electron chi connectivity index (χ2n) is 12.4. The number of aromatic nitrogens is 3. The minimum absolute atomic E-state index is 0.184. The van der Waals surface area contributed by atoms with Crippen LogP contribution in [-0.4, -0.2) is 76.1 Å². The normalized spacial score (nSPS) is 18.8. The molecule has 0 bridgehead atoms. The van der Waals surface area contributed by atoms with Crippen LogP contribution < -0.4 is 10.2 Å². The molecule has 10 heteroatoms. The molecule has 228 valence electrons. The number of hydrogen-bond donors (Lipinski definition) is 1. The zero-order valence-corrected chi connectivity index (χ0v) is 25.7. The van der Waals surface area contributed by atoms with E-state index in [2.05, 4.69) is 57.7 Å². The summed E-state index contributed by atoms with van der Waals surface area (Å²) in [5, 5.41) is 4.00. The first-order valence-corrected chi connectivity index (χ1v) is 15.3. The number of alkyl halides is 2. The van der Waals surface area contributed by atoms with Gasteiger partial charge in [0.25, 0.3) is 5.92 Å². The van der Waals surface area contributed by atoms with Crippen molar-refractivity contribution in [3.63, 3.8) is 0 Å². The highest BCUT2D eigenvalue weighted by atomic mass is 19.3. The molecule has 0 saturated carbocycles. The summed E-state index contributed by atoms with van der Waals surface area (Å²) in [5.41, 5.74) is 2.11. The molecule has 2 aliphatic heterocycles. The van der Waals surface area contributed by atoms with Crippen LogP contribution in [0.3, 0.4) is 0 Å². The number of nitrogens with zero attached hydrogens (tertiary/aromatic N) is 6. The minimum Gasteiger partial charge on any atom is -0.367 e. The smallest absolute Gasteiger partial charge is 0.278 e. The summed E-state index contributed by atoms with van der Waals surface area (Å²) in [6, 6.07) is 6.59. The predicted octanol–water partition coefficient (Wildman–Crippen LogP) is 6.39. The Kier molecular flexibility index (Phi) is 8.94. The molecule has 7 nitrogen and oxygen atoms in total. The average molecular weight is 584 g/mol.